The fourth-order valence-corrected chi connectivity index (χ4v) is 1.78. The number of aromatic nitrogens is 2. The number of hydrogen-bond donors (Lipinski definition) is 1. The molecular formula is C10H14N2O2. The van der Waals surface area contributed by atoms with Crippen molar-refractivity contribution in [1.29, 1.82) is 0 Å². The van der Waals surface area contributed by atoms with E-state index in [-0.39, 0.29) is 11.8 Å². The highest BCUT2D eigenvalue weighted by Crippen LogP contribution is 2.50. The lowest BCUT2D eigenvalue weighted by atomic mass is 9.98. The van der Waals surface area contributed by atoms with Crippen molar-refractivity contribution in [2.24, 2.45) is 7.05 Å². The normalized spacial score (nSPS) is 18.1. The van der Waals surface area contributed by atoms with E-state index in [4.69, 9.17) is 5.11 Å². The molecule has 1 aromatic rings. The second-order valence-electron chi connectivity index (χ2n) is 4.15. The van der Waals surface area contributed by atoms with Crippen molar-refractivity contribution in [3.63, 3.8) is 0 Å². The maximum Gasteiger partial charge on any atom is 0.304 e. The van der Waals surface area contributed by atoms with Gasteiger partial charge in [-0.3, -0.25) is 9.48 Å². The van der Waals surface area contributed by atoms with Gasteiger partial charge in [0.1, 0.15) is 0 Å². The number of carbonyl (C=O) groups is 1. The minimum absolute atomic E-state index is 0.155. The second kappa shape index (κ2) is 2.83. The topological polar surface area (TPSA) is 55.1 Å². The molecule has 0 aromatic carbocycles. The molecule has 1 saturated carbocycles. The molecule has 1 aliphatic carbocycles. The van der Waals surface area contributed by atoms with Gasteiger partial charge in [-0.25, -0.2) is 0 Å². The molecule has 0 radical (unpaired) electrons. The first-order valence-corrected chi connectivity index (χ1v) is 4.76. The molecule has 14 heavy (non-hydrogen) atoms. The van der Waals surface area contributed by atoms with Crippen LogP contribution in [0.3, 0.4) is 0 Å². The third kappa shape index (κ3) is 1.41. The highest BCUT2D eigenvalue weighted by atomic mass is 16.4. The Hall–Kier alpha value is -1.32. The lowest BCUT2D eigenvalue weighted by molar-refractivity contribution is -0.137. The maximum absolute atomic E-state index is 10.7. The Labute approximate surface area is 82.5 Å². The number of nitrogens with zero attached hydrogens (tertiary/aromatic N) is 2. The number of hydrogen-bond acceptors (Lipinski definition) is 2. The third-order valence-corrected chi connectivity index (χ3v) is 3.00. The van der Waals surface area contributed by atoms with Gasteiger partial charge >= 0.3 is 5.97 Å². The average Bonchev–Trinajstić information content (AvgIpc) is 2.75. The van der Waals surface area contributed by atoms with Crippen LogP contribution in [0.2, 0.25) is 0 Å². The molecule has 76 valence electrons. The standard InChI is InChI=1S/C10H14N2O2/c1-7-5-8(11-12(7)2)10(3-4-10)6-9(13)14/h5H,3-4,6H2,1-2H3,(H,13,14). The fourth-order valence-electron chi connectivity index (χ4n) is 1.78. The van der Waals surface area contributed by atoms with Crippen LogP contribution in [0, 0.1) is 6.92 Å². The van der Waals surface area contributed by atoms with Crippen LogP contribution in [0.4, 0.5) is 0 Å². The summed E-state index contributed by atoms with van der Waals surface area (Å²) in [6.45, 7) is 1.98. The molecule has 0 unspecified atom stereocenters. The Morgan fingerprint density at radius 3 is 2.71 bits per heavy atom. The first-order valence-electron chi connectivity index (χ1n) is 4.76. The first kappa shape index (κ1) is 9.24. The molecule has 4 heteroatoms. The van der Waals surface area contributed by atoms with E-state index < -0.39 is 5.97 Å². The molecule has 0 aliphatic heterocycles. The Morgan fingerprint density at radius 1 is 1.71 bits per heavy atom. The van der Waals surface area contributed by atoms with Crippen molar-refractivity contribution in [2.45, 2.75) is 31.6 Å². The van der Waals surface area contributed by atoms with Gasteiger partial charge in [0.05, 0.1) is 12.1 Å². The highest BCUT2D eigenvalue weighted by molar-refractivity contribution is 5.69. The van der Waals surface area contributed by atoms with Crippen molar-refractivity contribution in [2.75, 3.05) is 0 Å². The van der Waals surface area contributed by atoms with E-state index in [2.05, 4.69) is 5.10 Å². The molecule has 1 fully saturated rings. The molecule has 2 rings (SSSR count). The number of carboxylic acid groups (broad SMARTS) is 1. The Kier molecular flexibility index (Phi) is 1.87. The molecule has 1 aromatic heterocycles. The summed E-state index contributed by atoms with van der Waals surface area (Å²) < 4.78 is 1.80. The SMILES string of the molecule is Cc1cc(C2(CC(=O)O)CC2)nn1C. The predicted molar refractivity (Wildman–Crippen MR) is 51.1 cm³/mol. The quantitative estimate of drug-likeness (QED) is 0.787. The number of aryl methyl sites for hydroxylation is 2. The highest BCUT2D eigenvalue weighted by Gasteiger charge is 2.48. The van der Waals surface area contributed by atoms with Crippen LogP contribution in [0.15, 0.2) is 6.07 Å². The average molecular weight is 194 g/mol. The van der Waals surface area contributed by atoms with Crippen LogP contribution in [0.25, 0.3) is 0 Å². The Balaban J connectivity index is 2.26. The van der Waals surface area contributed by atoms with Gasteiger partial charge in [-0.15, -0.1) is 0 Å². The van der Waals surface area contributed by atoms with Crippen LogP contribution in [-0.4, -0.2) is 20.9 Å². The van der Waals surface area contributed by atoms with Crippen LogP contribution >= 0.6 is 0 Å². The van der Waals surface area contributed by atoms with Crippen molar-refractivity contribution in [1.82, 2.24) is 9.78 Å². The van der Waals surface area contributed by atoms with Gasteiger partial charge in [0.25, 0.3) is 0 Å². The lowest BCUT2D eigenvalue weighted by Gasteiger charge is -2.07. The summed E-state index contributed by atoms with van der Waals surface area (Å²) in [6.07, 6.45) is 2.12. The van der Waals surface area contributed by atoms with Crippen molar-refractivity contribution in [3.8, 4) is 0 Å². The van der Waals surface area contributed by atoms with Gasteiger partial charge in [-0.2, -0.15) is 5.10 Å². The summed E-state index contributed by atoms with van der Waals surface area (Å²) in [5.41, 5.74) is 1.87. The maximum atomic E-state index is 10.7. The summed E-state index contributed by atoms with van der Waals surface area (Å²) in [5.74, 6) is -0.731. The van der Waals surface area contributed by atoms with Gasteiger partial charge in [-0.05, 0) is 25.8 Å². The molecule has 0 atom stereocenters. The van der Waals surface area contributed by atoms with E-state index in [1.54, 1.807) is 4.68 Å². The van der Waals surface area contributed by atoms with Crippen molar-refractivity contribution >= 4 is 5.97 Å². The van der Waals surface area contributed by atoms with E-state index in [1.807, 2.05) is 20.0 Å². The van der Waals surface area contributed by atoms with E-state index in [1.165, 1.54) is 0 Å². The van der Waals surface area contributed by atoms with Crippen LogP contribution < -0.4 is 0 Å². The smallest absolute Gasteiger partial charge is 0.304 e. The van der Waals surface area contributed by atoms with E-state index >= 15 is 0 Å². The zero-order valence-corrected chi connectivity index (χ0v) is 8.45. The molecule has 0 spiro atoms. The van der Waals surface area contributed by atoms with E-state index in [0.717, 1.165) is 24.2 Å². The fraction of sp³-hybridized carbons (Fsp3) is 0.600. The summed E-state index contributed by atoms with van der Waals surface area (Å²) in [5, 5.41) is 13.1. The minimum Gasteiger partial charge on any atom is -0.481 e. The van der Waals surface area contributed by atoms with Crippen molar-refractivity contribution < 1.29 is 9.90 Å². The summed E-state index contributed by atoms with van der Waals surface area (Å²) in [7, 11) is 1.88. The summed E-state index contributed by atoms with van der Waals surface area (Å²) >= 11 is 0. The zero-order valence-electron chi connectivity index (χ0n) is 8.45. The molecular weight excluding hydrogens is 180 g/mol. The molecule has 4 nitrogen and oxygen atoms in total. The van der Waals surface area contributed by atoms with E-state index in [0.29, 0.717) is 0 Å². The zero-order chi connectivity index (χ0) is 10.3. The van der Waals surface area contributed by atoms with Gasteiger partial charge in [0.2, 0.25) is 0 Å². The molecule has 0 bridgehead atoms. The van der Waals surface area contributed by atoms with Crippen molar-refractivity contribution in [3.05, 3.63) is 17.5 Å². The van der Waals surface area contributed by atoms with Gasteiger partial charge in [0.15, 0.2) is 0 Å². The summed E-state index contributed by atoms with van der Waals surface area (Å²) in [4.78, 5) is 10.7. The first-order chi connectivity index (χ1) is 6.53. The minimum atomic E-state index is -0.731. The largest absolute Gasteiger partial charge is 0.481 e. The number of aliphatic carboxylic acids is 1. The Bertz CT molecular complexity index is 358. The van der Waals surface area contributed by atoms with Gasteiger partial charge < -0.3 is 5.11 Å². The number of rotatable bonds is 3. The predicted octanol–water partition coefficient (Wildman–Crippen LogP) is 1.23. The molecule has 0 amide bonds. The van der Waals surface area contributed by atoms with Gasteiger partial charge in [0, 0.05) is 18.2 Å². The number of carboxylic acids is 1. The molecule has 1 aliphatic rings. The monoisotopic (exact) mass is 194 g/mol. The van der Waals surface area contributed by atoms with E-state index in [9.17, 15) is 4.79 Å². The van der Waals surface area contributed by atoms with Crippen LogP contribution in [0.5, 0.6) is 0 Å². The lowest BCUT2D eigenvalue weighted by Crippen LogP contribution is -2.13. The molecule has 0 saturated heterocycles. The molecule has 1 N–H and O–H groups in total. The Morgan fingerprint density at radius 2 is 2.36 bits per heavy atom. The second-order valence-corrected chi connectivity index (χ2v) is 4.15. The van der Waals surface area contributed by atoms with Gasteiger partial charge in [-0.1, -0.05) is 0 Å². The van der Waals surface area contributed by atoms with Crippen LogP contribution in [0.1, 0.15) is 30.7 Å². The summed E-state index contributed by atoms with van der Waals surface area (Å²) in [6, 6.07) is 2.00. The molecule has 1 heterocycles. The third-order valence-electron chi connectivity index (χ3n) is 3.00. The van der Waals surface area contributed by atoms with Crippen LogP contribution in [-0.2, 0) is 17.3 Å².